The highest BCUT2D eigenvalue weighted by Gasteiger charge is 2.24. The fraction of sp³-hybridized carbons (Fsp3) is 0.278. The highest BCUT2D eigenvalue weighted by atomic mass is 16.6. The molecule has 22 heavy (non-hydrogen) atoms. The standard InChI is InChI=1S/C18H18O4/c1-13(19)17-8-7-15(9-18(17)22-12-16-11-21-16)20-10-14-5-3-2-4-6-14/h2-9,16H,10-12H2,1H3/t16-/m1/s1. The molecule has 0 radical (unpaired) electrons. The zero-order chi connectivity index (χ0) is 15.4. The summed E-state index contributed by atoms with van der Waals surface area (Å²) in [5.74, 6) is 1.20. The molecule has 114 valence electrons. The second-order valence-corrected chi connectivity index (χ2v) is 5.25. The molecule has 3 rings (SSSR count). The van der Waals surface area contributed by atoms with E-state index in [-0.39, 0.29) is 11.9 Å². The molecule has 0 unspecified atom stereocenters. The smallest absolute Gasteiger partial charge is 0.163 e. The van der Waals surface area contributed by atoms with Gasteiger partial charge < -0.3 is 14.2 Å². The Hall–Kier alpha value is -2.33. The van der Waals surface area contributed by atoms with Crippen LogP contribution in [0, 0.1) is 0 Å². The number of hydrogen-bond acceptors (Lipinski definition) is 4. The molecule has 0 aromatic heterocycles. The number of ketones is 1. The van der Waals surface area contributed by atoms with Crippen LogP contribution in [-0.4, -0.2) is 25.1 Å². The third-order valence-corrected chi connectivity index (χ3v) is 3.41. The van der Waals surface area contributed by atoms with Gasteiger partial charge in [0.05, 0.1) is 12.2 Å². The minimum atomic E-state index is -0.0266. The number of rotatable bonds is 7. The molecular formula is C18H18O4. The highest BCUT2D eigenvalue weighted by molar-refractivity contribution is 5.97. The molecule has 0 saturated carbocycles. The van der Waals surface area contributed by atoms with Crippen molar-refractivity contribution in [2.75, 3.05) is 13.2 Å². The monoisotopic (exact) mass is 298 g/mol. The molecular weight excluding hydrogens is 280 g/mol. The van der Waals surface area contributed by atoms with Crippen molar-refractivity contribution in [3.05, 3.63) is 59.7 Å². The summed E-state index contributed by atoms with van der Waals surface area (Å²) in [7, 11) is 0. The SMILES string of the molecule is CC(=O)c1ccc(OCc2ccccc2)cc1OC[C@H]1CO1. The first kappa shape index (κ1) is 14.6. The van der Waals surface area contributed by atoms with E-state index in [1.54, 1.807) is 18.2 Å². The van der Waals surface area contributed by atoms with Crippen molar-refractivity contribution in [1.29, 1.82) is 0 Å². The van der Waals surface area contributed by atoms with E-state index in [1.807, 2.05) is 30.3 Å². The Bertz CT molecular complexity index is 647. The van der Waals surface area contributed by atoms with Gasteiger partial charge in [-0.05, 0) is 24.6 Å². The van der Waals surface area contributed by atoms with Crippen molar-refractivity contribution in [3.63, 3.8) is 0 Å². The van der Waals surface area contributed by atoms with Gasteiger partial charge in [0.1, 0.15) is 30.8 Å². The first-order valence-electron chi connectivity index (χ1n) is 7.28. The predicted molar refractivity (Wildman–Crippen MR) is 82.5 cm³/mol. The van der Waals surface area contributed by atoms with E-state index in [0.29, 0.717) is 30.3 Å². The van der Waals surface area contributed by atoms with Crippen molar-refractivity contribution in [2.45, 2.75) is 19.6 Å². The van der Waals surface area contributed by atoms with E-state index in [4.69, 9.17) is 14.2 Å². The molecule has 0 spiro atoms. The summed E-state index contributed by atoms with van der Waals surface area (Å²) >= 11 is 0. The molecule has 1 atom stereocenters. The lowest BCUT2D eigenvalue weighted by Gasteiger charge is -2.12. The fourth-order valence-electron chi connectivity index (χ4n) is 2.09. The third-order valence-electron chi connectivity index (χ3n) is 3.41. The van der Waals surface area contributed by atoms with Crippen LogP contribution in [0.4, 0.5) is 0 Å². The topological polar surface area (TPSA) is 48.1 Å². The molecule has 1 heterocycles. The summed E-state index contributed by atoms with van der Waals surface area (Å²) in [4.78, 5) is 11.7. The molecule has 0 amide bonds. The molecule has 1 aliphatic rings. The Balaban J connectivity index is 1.70. The van der Waals surface area contributed by atoms with Crippen molar-refractivity contribution in [2.24, 2.45) is 0 Å². The second kappa shape index (κ2) is 6.62. The number of hydrogen-bond donors (Lipinski definition) is 0. The normalized spacial score (nSPS) is 16.1. The fourth-order valence-corrected chi connectivity index (χ4v) is 2.09. The number of carbonyl (C=O) groups excluding carboxylic acids is 1. The first-order chi connectivity index (χ1) is 10.7. The molecule has 1 saturated heterocycles. The van der Waals surface area contributed by atoms with E-state index >= 15 is 0 Å². The van der Waals surface area contributed by atoms with Crippen molar-refractivity contribution in [3.8, 4) is 11.5 Å². The van der Waals surface area contributed by atoms with Crippen LogP contribution in [0.3, 0.4) is 0 Å². The van der Waals surface area contributed by atoms with Gasteiger partial charge in [-0.3, -0.25) is 4.79 Å². The molecule has 2 aromatic carbocycles. The van der Waals surface area contributed by atoms with Gasteiger partial charge in [-0.15, -0.1) is 0 Å². The number of epoxide rings is 1. The maximum absolute atomic E-state index is 11.7. The van der Waals surface area contributed by atoms with Crippen molar-refractivity contribution in [1.82, 2.24) is 0 Å². The van der Waals surface area contributed by atoms with E-state index in [0.717, 1.165) is 12.2 Å². The minimum Gasteiger partial charge on any atom is -0.490 e. The van der Waals surface area contributed by atoms with Gasteiger partial charge >= 0.3 is 0 Å². The number of benzene rings is 2. The summed E-state index contributed by atoms with van der Waals surface area (Å²) in [6.07, 6.45) is 0.147. The summed E-state index contributed by atoms with van der Waals surface area (Å²) in [5.41, 5.74) is 1.65. The van der Waals surface area contributed by atoms with Crippen LogP contribution in [0.15, 0.2) is 48.5 Å². The molecule has 4 nitrogen and oxygen atoms in total. The number of carbonyl (C=O) groups is 1. The van der Waals surface area contributed by atoms with Gasteiger partial charge in [-0.25, -0.2) is 0 Å². The lowest BCUT2D eigenvalue weighted by Crippen LogP contribution is -2.08. The number of ether oxygens (including phenoxy) is 3. The van der Waals surface area contributed by atoms with E-state index < -0.39 is 0 Å². The van der Waals surface area contributed by atoms with Gasteiger partial charge in [0.2, 0.25) is 0 Å². The summed E-state index contributed by atoms with van der Waals surface area (Å²) in [6, 6.07) is 15.2. The van der Waals surface area contributed by atoms with Crippen molar-refractivity contribution >= 4 is 5.78 Å². The molecule has 1 fully saturated rings. The second-order valence-electron chi connectivity index (χ2n) is 5.25. The largest absolute Gasteiger partial charge is 0.490 e. The Morgan fingerprint density at radius 3 is 2.64 bits per heavy atom. The van der Waals surface area contributed by atoms with Crippen LogP contribution in [0.1, 0.15) is 22.8 Å². The quantitative estimate of drug-likeness (QED) is 0.581. The lowest BCUT2D eigenvalue weighted by molar-refractivity contribution is 0.101. The third kappa shape index (κ3) is 3.86. The zero-order valence-electron chi connectivity index (χ0n) is 12.5. The Labute approximate surface area is 129 Å². The average Bonchev–Trinajstić information content (AvgIpc) is 3.36. The average molecular weight is 298 g/mol. The van der Waals surface area contributed by atoms with Gasteiger partial charge in [-0.1, -0.05) is 30.3 Å². The Morgan fingerprint density at radius 2 is 1.95 bits per heavy atom. The maximum atomic E-state index is 11.7. The van der Waals surface area contributed by atoms with Crippen LogP contribution in [0.25, 0.3) is 0 Å². The van der Waals surface area contributed by atoms with Gasteiger partial charge in [0, 0.05) is 6.07 Å². The molecule has 4 heteroatoms. The molecule has 2 aromatic rings. The van der Waals surface area contributed by atoms with Crippen LogP contribution in [0.5, 0.6) is 11.5 Å². The first-order valence-corrected chi connectivity index (χ1v) is 7.28. The number of Topliss-reactive ketones (excluding diaryl/α,β-unsaturated/α-hetero) is 1. The predicted octanol–water partition coefficient (Wildman–Crippen LogP) is 3.25. The molecule has 0 bridgehead atoms. The minimum absolute atomic E-state index is 0.0266. The van der Waals surface area contributed by atoms with Gasteiger partial charge in [-0.2, -0.15) is 0 Å². The zero-order valence-corrected chi connectivity index (χ0v) is 12.5. The molecule has 1 aliphatic heterocycles. The summed E-state index contributed by atoms with van der Waals surface area (Å²) in [5, 5.41) is 0. The summed E-state index contributed by atoms with van der Waals surface area (Å²) < 4.78 is 16.6. The Morgan fingerprint density at radius 1 is 1.18 bits per heavy atom. The van der Waals surface area contributed by atoms with Crippen LogP contribution < -0.4 is 9.47 Å². The van der Waals surface area contributed by atoms with E-state index in [9.17, 15) is 4.79 Å². The molecule has 0 aliphatic carbocycles. The van der Waals surface area contributed by atoms with Gasteiger partial charge in [0.25, 0.3) is 0 Å². The van der Waals surface area contributed by atoms with Crippen LogP contribution in [0.2, 0.25) is 0 Å². The van der Waals surface area contributed by atoms with Gasteiger partial charge in [0.15, 0.2) is 5.78 Å². The molecule has 0 N–H and O–H groups in total. The lowest BCUT2D eigenvalue weighted by atomic mass is 10.1. The van der Waals surface area contributed by atoms with E-state index in [1.165, 1.54) is 6.92 Å². The van der Waals surface area contributed by atoms with E-state index in [2.05, 4.69) is 0 Å². The maximum Gasteiger partial charge on any atom is 0.163 e. The van der Waals surface area contributed by atoms with Crippen LogP contribution in [-0.2, 0) is 11.3 Å². The van der Waals surface area contributed by atoms with Crippen LogP contribution >= 0.6 is 0 Å². The summed E-state index contributed by atoms with van der Waals surface area (Å²) in [6.45, 7) is 3.19. The van der Waals surface area contributed by atoms with Crippen molar-refractivity contribution < 1.29 is 19.0 Å². The Kier molecular flexibility index (Phi) is 4.39. The highest BCUT2D eigenvalue weighted by Crippen LogP contribution is 2.27.